The molecule has 2 aliphatic rings. The summed E-state index contributed by atoms with van der Waals surface area (Å²) < 4.78 is 0. The lowest BCUT2D eigenvalue weighted by Crippen LogP contribution is -2.48. The fourth-order valence-electron chi connectivity index (χ4n) is 3.34. The standard InChI is InChI=1S/C16H22ClN3O/c1-19(13-5-3-2-4-6-13)15-11-20(16(21)18-15)14-9-7-12(17)8-10-14/h7-10,13,15H,2-6,11H2,1H3,(H,18,21). The molecule has 1 saturated heterocycles. The number of nitrogens with zero attached hydrogens (tertiary/aromatic N) is 2. The number of urea groups is 1. The van der Waals surface area contributed by atoms with Gasteiger partial charge in [0, 0.05) is 16.8 Å². The second-order valence-electron chi connectivity index (χ2n) is 6.01. The van der Waals surface area contributed by atoms with Crippen molar-refractivity contribution in [1.82, 2.24) is 10.2 Å². The van der Waals surface area contributed by atoms with Gasteiger partial charge < -0.3 is 5.32 Å². The normalized spacial score (nSPS) is 23.7. The van der Waals surface area contributed by atoms with Crippen LogP contribution in [0, 0.1) is 0 Å². The lowest BCUT2D eigenvalue weighted by atomic mass is 9.94. The Morgan fingerprint density at radius 1 is 1.19 bits per heavy atom. The summed E-state index contributed by atoms with van der Waals surface area (Å²) in [6.45, 7) is 0.688. The number of rotatable bonds is 3. The van der Waals surface area contributed by atoms with Gasteiger partial charge in [0.15, 0.2) is 0 Å². The predicted octanol–water partition coefficient (Wildman–Crippen LogP) is 3.46. The second kappa shape index (κ2) is 6.24. The van der Waals surface area contributed by atoms with Gasteiger partial charge in [0.25, 0.3) is 0 Å². The number of amides is 2. The molecule has 2 fully saturated rings. The molecule has 1 aliphatic heterocycles. The number of hydrogen-bond donors (Lipinski definition) is 1. The minimum atomic E-state index is -0.0232. The van der Waals surface area contributed by atoms with Crippen molar-refractivity contribution in [3.05, 3.63) is 29.3 Å². The molecule has 1 atom stereocenters. The summed E-state index contributed by atoms with van der Waals surface area (Å²) in [7, 11) is 2.13. The Hall–Kier alpha value is -1.26. The van der Waals surface area contributed by atoms with Crippen LogP contribution in [0.4, 0.5) is 10.5 Å². The molecule has 2 amide bonds. The van der Waals surface area contributed by atoms with Crippen molar-refractivity contribution in [2.24, 2.45) is 0 Å². The summed E-state index contributed by atoms with van der Waals surface area (Å²) in [4.78, 5) is 16.3. The van der Waals surface area contributed by atoms with Gasteiger partial charge in [0.2, 0.25) is 0 Å². The van der Waals surface area contributed by atoms with E-state index in [0.717, 1.165) is 5.69 Å². The number of anilines is 1. The van der Waals surface area contributed by atoms with Crippen molar-refractivity contribution < 1.29 is 4.79 Å². The first-order valence-corrected chi connectivity index (χ1v) is 8.08. The van der Waals surface area contributed by atoms with E-state index in [4.69, 9.17) is 11.6 Å². The van der Waals surface area contributed by atoms with Gasteiger partial charge >= 0.3 is 6.03 Å². The fourth-order valence-corrected chi connectivity index (χ4v) is 3.47. The number of hydrogen-bond acceptors (Lipinski definition) is 2. The Kier molecular flexibility index (Phi) is 4.36. The SMILES string of the molecule is CN(C1CCCCC1)C1CN(c2ccc(Cl)cc2)C(=O)N1. The van der Waals surface area contributed by atoms with Crippen molar-refractivity contribution in [2.45, 2.75) is 44.3 Å². The first-order chi connectivity index (χ1) is 10.1. The molecule has 4 nitrogen and oxygen atoms in total. The van der Waals surface area contributed by atoms with Crippen LogP contribution in [0.5, 0.6) is 0 Å². The highest BCUT2D eigenvalue weighted by atomic mass is 35.5. The average Bonchev–Trinajstić information content (AvgIpc) is 2.90. The van der Waals surface area contributed by atoms with Gasteiger partial charge in [-0.05, 0) is 44.2 Å². The number of benzene rings is 1. The van der Waals surface area contributed by atoms with Crippen LogP contribution in [-0.2, 0) is 0 Å². The minimum absolute atomic E-state index is 0.0232. The zero-order valence-corrected chi connectivity index (χ0v) is 13.1. The zero-order chi connectivity index (χ0) is 14.8. The molecule has 1 aromatic rings. The van der Waals surface area contributed by atoms with Crippen LogP contribution in [0.15, 0.2) is 24.3 Å². The highest BCUT2D eigenvalue weighted by Gasteiger charge is 2.35. The highest BCUT2D eigenvalue weighted by Crippen LogP contribution is 2.26. The molecule has 1 unspecified atom stereocenters. The van der Waals surface area contributed by atoms with E-state index in [1.807, 2.05) is 24.3 Å². The molecule has 114 valence electrons. The van der Waals surface area contributed by atoms with Gasteiger partial charge in [-0.25, -0.2) is 4.79 Å². The molecule has 5 heteroatoms. The number of carbonyl (C=O) groups is 1. The molecular weight excluding hydrogens is 286 g/mol. The summed E-state index contributed by atoms with van der Waals surface area (Å²) in [5.41, 5.74) is 0.899. The van der Waals surface area contributed by atoms with E-state index < -0.39 is 0 Å². The Balaban J connectivity index is 1.67. The summed E-state index contributed by atoms with van der Waals surface area (Å²) in [6, 6.07) is 8.00. The van der Waals surface area contributed by atoms with Crippen LogP contribution in [0.3, 0.4) is 0 Å². The van der Waals surface area contributed by atoms with E-state index in [-0.39, 0.29) is 12.2 Å². The van der Waals surface area contributed by atoms with Crippen LogP contribution in [-0.4, -0.2) is 36.7 Å². The van der Waals surface area contributed by atoms with E-state index in [1.54, 1.807) is 4.90 Å². The maximum atomic E-state index is 12.2. The topological polar surface area (TPSA) is 35.6 Å². The number of likely N-dealkylation sites (N-methyl/N-ethyl adjacent to an activating group) is 1. The van der Waals surface area contributed by atoms with Crippen LogP contribution in [0.25, 0.3) is 0 Å². The molecule has 1 N–H and O–H groups in total. The van der Waals surface area contributed by atoms with E-state index >= 15 is 0 Å². The summed E-state index contributed by atoms with van der Waals surface area (Å²) in [6.07, 6.45) is 6.52. The van der Waals surface area contributed by atoms with Crippen LogP contribution in [0.1, 0.15) is 32.1 Å². The Labute approximate surface area is 131 Å². The molecule has 3 rings (SSSR count). The van der Waals surface area contributed by atoms with Gasteiger partial charge in [0.05, 0.1) is 6.54 Å². The molecule has 0 radical (unpaired) electrons. The zero-order valence-electron chi connectivity index (χ0n) is 12.4. The third kappa shape index (κ3) is 3.16. The molecule has 1 heterocycles. The quantitative estimate of drug-likeness (QED) is 0.928. The van der Waals surface area contributed by atoms with Gasteiger partial charge in [-0.3, -0.25) is 9.80 Å². The Morgan fingerprint density at radius 3 is 2.52 bits per heavy atom. The predicted molar refractivity (Wildman–Crippen MR) is 85.8 cm³/mol. The van der Waals surface area contributed by atoms with E-state index in [9.17, 15) is 4.79 Å². The lowest BCUT2D eigenvalue weighted by molar-refractivity contribution is 0.136. The summed E-state index contributed by atoms with van der Waals surface area (Å²) in [5.74, 6) is 0. The summed E-state index contributed by atoms with van der Waals surface area (Å²) in [5, 5.41) is 3.78. The van der Waals surface area contributed by atoms with Crippen molar-refractivity contribution in [3.8, 4) is 0 Å². The maximum Gasteiger partial charge on any atom is 0.323 e. The molecule has 1 saturated carbocycles. The first kappa shape index (κ1) is 14.7. The summed E-state index contributed by atoms with van der Waals surface area (Å²) >= 11 is 5.91. The molecular formula is C16H22ClN3O. The fraction of sp³-hybridized carbons (Fsp3) is 0.562. The van der Waals surface area contributed by atoms with Crippen LogP contribution >= 0.6 is 11.6 Å². The molecule has 0 aromatic heterocycles. The van der Waals surface area contributed by atoms with Gasteiger partial charge in [-0.1, -0.05) is 30.9 Å². The largest absolute Gasteiger partial charge is 0.323 e. The van der Waals surface area contributed by atoms with E-state index in [2.05, 4.69) is 17.3 Å². The first-order valence-electron chi connectivity index (χ1n) is 7.70. The molecule has 21 heavy (non-hydrogen) atoms. The molecule has 0 bridgehead atoms. The minimum Gasteiger partial charge on any atom is -0.320 e. The Morgan fingerprint density at radius 2 is 1.86 bits per heavy atom. The van der Waals surface area contributed by atoms with Crippen molar-refractivity contribution in [1.29, 1.82) is 0 Å². The average molecular weight is 308 g/mol. The third-order valence-corrected chi connectivity index (χ3v) is 4.92. The molecule has 1 aliphatic carbocycles. The molecule has 0 spiro atoms. The Bertz CT molecular complexity index is 499. The number of nitrogens with one attached hydrogen (secondary N) is 1. The smallest absolute Gasteiger partial charge is 0.320 e. The van der Waals surface area contributed by atoms with Crippen molar-refractivity contribution in [3.63, 3.8) is 0 Å². The number of halogens is 1. The van der Waals surface area contributed by atoms with E-state index in [0.29, 0.717) is 17.6 Å². The molecule has 1 aromatic carbocycles. The monoisotopic (exact) mass is 307 g/mol. The van der Waals surface area contributed by atoms with Gasteiger partial charge in [-0.2, -0.15) is 0 Å². The second-order valence-corrected chi connectivity index (χ2v) is 6.45. The lowest BCUT2D eigenvalue weighted by Gasteiger charge is -2.34. The number of carbonyl (C=O) groups excluding carboxylic acids is 1. The maximum absolute atomic E-state index is 12.2. The van der Waals surface area contributed by atoms with Crippen LogP contribution < -0.4 is 10.2 Å². The van der Waals surface area contributed by atoms with Gasteiger partial charge in [-0.15, -0.1) is 0 Å². The van der Waals surface area contributed by atoms with Crippen molar-refractivity contribution in [2.75, 3.05) is 18.5 Å². The van der Waals surface area contributed by atoms with Crippen LogP contribution in [0.2, 0.25) is 5.02 Å². The van der Waals surface area contributed by atoms with Crippen molar-refractivity contribution >= 4 is 23.3 Å². The van der Waals surface area contributed by atoms with E-state index in [1.165, 1.54) is 32.1 Å². The third-order valence-electron chi connectivity index (χ3n) is 4.67. The van der Waals surface area contributed by atoms with Gasteiger partial charge in [0.1, 0.15) is 6.17 Å². The highest BCUT2D eigenvalue weighted by molar-refractivity contribution is 6.30.